The Labute approximate surface area is 91.9 Å². The van der Waals surface area contributed by atoms with E-state index in [4.69, 9.17) is 5.84 Å². The summed E-state index contributed by atoms with van der Waals surface area (Å²) < 4.78 is 1.77. The zero-order valence-corrected chi connectivity index (χ0v) is 9.24. The van der Waals surface area contributed by atoms with Crippen molar-refractivity contribution < 1.29 is 0 Å². The molecule has 0 saturated carbocycles. The van der Waals surface area contributed by atoms with Crippen LogP contribution in [0.2, 0.25) is 0 Å². The molecule has 2 rings (SSSR count). The Morgan fingerprint density at radius 2 is 2.53 bits per heavy atom. The Morgan fingerprint density at radius 1 is 1.67 bits per heavy atom. The molecule has 1 unspecified atom stereocenters. The van der Waals surface area contributed by atoms with E-state index in [0.717, 1.165) is 12.1 Å². The van der Waals surface area contributed by atoms with Crippen molar-refractivity contribution in [3.63, 3.8) is 0 Å². The van der Waals surface area contributed by atoms with Crippen molar-refractivity contribution >= 4 is 11.3 Å². The van der Waals surface area contributed by atoms with Gasteiger partial charge in [-0.3, -0.25) is 20.9 Å². The molecule has 0 aliphatic heterocycles. The molecule has 0 amide bonds. The molecule has 15 heavy (non-hydrogen) atoms. The molecule has 0 spiro atoms. The normalized spacial score (nSPS) is 12.9. The topological polar surface area (TPSA) is 68.8 Å². The minimum Gasteiger partial charge on any atom is -0.275 e. The van der Waals surface area contributed by atoms with Crippen molar-refractivity contribution in [3.05, 3.63) is 34.5 Å². The van der Waals surface area contributed by atoms with Gasteiger partial charge >= 0.3 is 0 Å². The van der Waals surface area contributed by atoms with E-state index in [0.29, 0.717) is 0 Å². The number of aromatic nitrogens is 3. The Kier molecular flexibility index (Phi) is 3.10. The van der Waals surface area contributed by atoms with Crippen molar-refractivity contribution in [1.82, 2.24) is 20.2 Å². The Morgan fingerprint density at radius 3 is 3.07 bits per heavy atom. The van der Waals surface area contributed by atoms with Gasteiger partial charge in [0.15, 0.2) is 0 Å². The fraction of sp³-hybridized carbons (Fsp3) is 0.333. The molecule has 0 saturated heterocycles. The first-order chi connectivity index (χ1) is 7.29. The molecule has 0 aromatic carbocycles. The summed E-state index contributed by atoms with van der Waals surface area (Å²) in [6.07, 6.45) is 4.59. The predicted octanol–water partition coefficient (Wildman–Crippen LogP) is 0.624. The van der Waals surface area contributed by atoms with E-state index in [1.165, 1.54) is 4.88 Å². The SMILES string of the molecule is Cn1ccc(C(Cc2cncs2)NN)n1. The molecule has 0 bridgehead atoms. The highest BCUT2D eigenvalue weighted by molar-refractivity contribution is 7.09. The van der Waals surface area contributed by atoms with Crippen molar-refractivity contribution in [2.75, 3.05) is 0 Å². The fourth-order valence-corrected chi connectivity index (χ4v) is 2.05. The number of aryl methyl sites for hydroxylation is 1. The first-order valence-electron chi connectivity index (χ1n) is 4.62. The van der Waals surface area contributed by atoms with Gasteiger partial charge in [-0.25, -0.2) is 0 Å². The Balaban J connectivity index is 2.11. The lowest BCUT2D eigenvalue weighted by molar-refractivity contribution is 0.532. The van der Waals surface area contributed by atoms with Gasteiger partial charge in [0.2, 0.25) is 0 Å². The standard InChI is InChI=1S/C9H13N5S/c1-14-3-2-8(13-14)9(12-10)4-7-5-11-6-15-7/h2-3,5-6,9,12H,4,10H2,1H3. The van der Waals surface area contributed by atoms with Gasteiger partial charge in [0, 0.05) is 30.7 Å². The number of nitrogens with two attached hydrogens (primary N) is 1. The van der Waals surface area contributed by atoms with Crippen LogP contribution >= 0.6 is 11.3 Å². The second-order valence-electron chi connectivity index (χ2n) is 3.31. The lowest BCUT2D eigenvalue weighted by Crippen LogP contribution is -2.29. The van der Waals surface area contributed by atoms with Crippen LogP contribution in [0.4, 0.5) is 0 Å². The lowest BCUT2D eigenvalue weighted by Gasteiger charge is -2.11. The van der Waals surface area contributed by atoms with E-state index in [2.05, 4.69) is 15.5 Å². The van der Waals surface area contributed by atoms with E-state index >= 15 is 0 Å². The Hall–Kier alpha value is -1.24. The third-order valence-electron chi connectivity index (χ3n) is 2.18. The minimum absolute atomic E-state index is 0.0478. The predicted molar refractivity (Wildman–Crippen MR) is 59.1 cm³/mol. The summed E-state index contributed by atoms with van der Waals surface area (Å²) in [7, 11) is 1.89. The molecule has 5 nitrogen and oxygen atoms in total. The summed E-state index contributed by atoms with van der Waals surface area (Å²) >= 11 is 1.63. The fourth-order valence-electron chi connectivity index (χ4n) is 1.41. The summed E-state index contributed by atoms with van der Waals surface area (Å²) in [5.74, 6) is 5.52. The molecular formula is C9H13N5S. The van der Waals surface area contributed by atoms with Crippen molar-refractivity contribution in [2.45, 2.75) is 12.5 Å². The maximum Gasteiger partial charge on any atom is 0.0811 e. The molecule has 0 radical (unpaired) electrons. The summed E-state index contributed by atoms with van der Waals surface area (Å²) in [6.45, 7) is 0. The second kappa shape index (κ2) is 4.52. The van der Waals surface area contributed by atoms with Gasteiger partial charge in [0.25, 0.3) is 0 Å². The highest BCUT2D eigenvalue weighted by Crippen LogP contribution is 2.17. The van der Waals surface area contributed by atoms with Crippen molar-refractivity contribution in [2.24, 2.45) is 12.9 Å². The molecule has 0 aliphatic rings. The molecule has 0 fully saturated rings. The number of rotatable bonds is 4. The van der Waals surface area contributed by atoms with Crippen LogP contribution in [0, 0.1) is 0 Å². The van der Waals surface area contributed by atoms with Gasteiger partial charge < -0.3 is 0 Å². The maximum absolute atomic E-state index is 5.52. The zero-order valence-electron chi connectivity index (χ0n) is 8.42. The highest BCUT2D eigenvalue weighted by Gasteiger charge is 2.13. The third-order valence-corrected chi connectivity index (χ3v) is 2.98. The molecule has 80 valence electrons. The van der Waals surface area contributed by atoms with Gasteiger partial charge in [-0.2, -0.15) is 5.10 Å². The summed E-state index contributed by atoms with van der Waals surface area (Å²) in [4.78, 5) is 5.23. The summed E-state index contributed by atoms with van der Waals surface area (Å²) in [5, 5.41) is 4.32. The average Bonchev–Trinajstić information content (AvgIpc) is 2.85. The van der Waals surface area contributed by atoms with E-state index in [9.17, 15) is 0 Å². The van der Waals surface area contributed by atoms with Gasteiger partial charge in [-0.05, 0) is 6.07 Å². The second-order valence-corrected chi connectivity index (χ2v) is 4.28. The van der Waals surface area contributed by atoms with E-state index < -0.39 is 0 Å². The van der Waals surface area contributed by atoms with Crippen molar-refractivity contribution in [1.29, 1.82) is 0 Å². The molecule has 2 heterocycles. The molecule has 6 heteroatoms. The molecule has 2 aromatic rings. The van der Waals surface area contributed by atoms with Crippen LogP contribution in [0.1, 0.15) is 16.6 Å². The summed E-state index contributed by atoms with van der Waals surface area (Å²) in [5.41, 5.74) is 5.55. The van der Waals surface area contributed by atoms with Gasteiger partial charge in [-0.1, -0.05) is 0 Å². The first-order valence-corrected chi connectivity index (χ1v) is 5.50. The molecule has 0 aliphatic carbocycles. The van der Waals surface area contributed by atoms with Gasteiger partial charge in [-0.15, -0.1) is 11.3 Å². The largest absolute Gasteiger partial charge is 0.275 e. The lowest BCUT2D eigenvalue weighted by atomic mass is 10.1. The van der Waals surface area contributed by atoms with Crippen molar-refractivity contribution in [3.8, 4) is 0 Å². The summed E-state index contributed by atoms with van der Waals surface area (Å²) in [6, 6.07) is 2.01. The first kappa shape index (κ1) is 10.3. The highest BCUT2D eigenvalue weighted by atomic mass is 32.1. The number of thiazole rings is 1. The Bertz CT molecular complexity index is 408. The molecule has 3 N–H and O–H groups in total. The number of nitrogens with zero attached hydrogens (tertiary/aromatic N) is 3. The molecular weight excluding hydrogens is 210 g/mol. The number of hydrogen-bond donors (Lipinski definition) is 2. The van der Waals surface area contributed by atoms with E-state index in [1.807, 2.05) is 31.0 Å². The minimum atomic E-state index is 0.0478. The van der Waals surface area contributed by atoms with Crippen LogP contribution in [-0.4, -0.2) is 14.8 Å². The average molecular weight is 223 g/mol. The van der Waals surface area contributed by atoms with Crippen LogP contribution in [0.3, 0.4) is 0 Å². The van der Waals surface area contributed by atoms with Crippen LogP contribution < -0.4 is 11.3 Å². The van der Waals surface area contributed by atoms with Gasteiger partial charge in [0.05, 0.1) is 17.2 Å². The third kappa shape index (κ3) is 2.41. The van der Waals surface area contributed by atoms with Crippen LogP contribution in [0.15, 0.2) is 24.0 Å². The zero-order chi connectivity index (χ0) is 10.7. The quantitative estimate of drug-likeness (QED) is 0.589. The number of nitrogens with one attached hydrogen (secondary N) is 1. The monoisotopic (exact) mass is 223 g/mol. The number of hydrazine groups is 1. The smallest absolute Gasteiger partial charge is 0.0811 e. The molecule has 2 aromatic heterocycles. The van der Waals surface area contributed by atoms with Crippen LogP contribution in [0.5, 0.6) is 0 Å². The van der Waals surface area contributed by atoms with E-state index in [1.54, 1.807) is 16.0 Å². The van der Waals surface area contributed by atoms with E-state index in [-0.39, 0.29) is 6.04 Å². The van der Waals surface area contributed by atoms with Gasteiger partial charge in [0.1, 0.15) is 0 Å². The molecule has 1 atom stereocenters. The maximum atomic E-state index is 5.52. The van der Waals surface area contributed by atoms with Crippen LogP contribution in [-0.2, 0) is 13.5 Å². The van der Waals surface area contributed by atoms with Crippen LogP contribution in [0.25, 0.3) is 0 Å². The number of hydrogen-bond acceptors (Lipinski definition) is 5.